The Labute approximate surface area is 181 Å². The lowest BCUT2D eigenvalue weighted by atomic mass is 10.1. The fourth-order valence-corrected chi connectivity index (χ4v) is 4.44. The molecule has 0 saturated carbocycles. The Morgan fingerprint density at radius 1 is 0.900 bits per heavy atom. The van der Waals surface area contributed by atoms with Crippen molar-refractivity contribution in [3.8, 4) is 0 Å². The number of unbranched alkanes of at least 4 members (excludes halogenated alkanes) is 1. The van der Waals surface area contributed by atoms with Crippen molar-refractivity contribution >= 4 is 40.1 Å². The second-order valence-corrected chi connectivity index (χ2v) is 8.26. The molecule has 1 aliphatic heterocycles. The van der Waals surface area contributed by atoms with Crippen molar-refractivity contribution in [1.29, 1.82) is 0 Å². The molecule has 152 valence electrons. The van der Waals surface area contributed by atoms with Gasteiger partial charge in [-0.1, -0.05) is 49.7 Å². The van der Waals surface area contributed by atoms with E-state index in [1.807, 2.05) is 84.1 Å². The molecule has 2 aromatic carbocycles. The van der Waals surface area contributed by atoms with Gasteiger partial charge in [-0.3, -0.25) is 9.59 Å². The fourth-order valence-electron chi connectivity index (χ4n) is 3.68. The van der Waals surface area contributed by atoms with Crippen LogP contribution in [0.1, 0.15) is 30.2 Å². The highest BCUT2D eigenvalue weighted by atomic mass is 32.1. The summed E-state index contributed by atoms with van der Waals surface area (Å²) in [4.78, 5) is 30.9. The van der Waals surface area contributed by atoms with Crippen LogP contribution in [-0.4, -0.2) is 18.9 Å². The fraction of sp³-hybridized carbons (Fsp3) is 0.200. The van der Waals surface area contributed by atoms with E-state index in [0.29, 0.717) is 17.0 Å². The van der Waals surface area contributed by atoms with Gasteiger partial charge in [0.2, 0.25) is 0 Å². The second kappa shape index (κ2) is 8.67. The lowest BCUT2D eigenvalue weighted by Gasteiger charge is -2.21. The summed E-state index contributed by atoms with van der Waals surface area (Å²) in [6.45, 7) is 2.17. The summed E-state index contributed by atoms with van der Waals surface area (Å²) in [7, 11) is 1.83. The van der Waals surface area contributed by atoms with Gasteiger partial charge in [0, 0.05) is 17.6 Å². The standard InChI is InChI=1S/C25H24N2O2S/c1-3-4-9-18-13-15-20(16-14-18)27-24(28)22(21-12-8-17-30-21)23(25(27)29)26(2)19-10-6-5-7-11-19/h5-8,10-17H,3-4,9H2,1-2H3. The van der Waals surface area contributed by atoms with E-state index in [2.05, 4.69) is 6.92 Å². The maximum absolute atomic E-state index is 13.5. The SMILES string of the molecule is CCCCc1ccc(N2C(=O)C(c3cccs3)=C(N(C)c3ccccc3)C2=O)cc1. The minimum atomic E-state index is -0.295. The number of benzene rings is 2. The van der Waals surface area contributed by atoms with Gasteiger partial charge in [0.15, 0.2) is 0 Å². The van der Waals surface area contributed by atoms with Crippen molar-refractivity contribution in [2.45, 2.75) is 26.2 Å². The number of rotatable bonds is 7. The molecule has 30 heavy (non-hydrogen) atoms. The number of anilines is 2. The lowest BCUT2D eigenvalue weighted by Crippen LogP contribution is -2.34. The zero-order valence-corrected chi connectivity index (χ0v) is 18.0. The highest BCUT2D eigenvalue weighted by Gasteiger charge is 2.42. The van der Waals surface area contributed by atoms with Crippen LogP contribution in [0.3, 0.4) is 0 Å². The van der Waals surface area contributed by atoms with E-state index in [1.165, 1.54) is 21.8 Å². The first kappa shape index (κ1) is 20.1. The number of hydrogen-bond acceptors (Lipinski definition) is 4. The smallest absolute Gasteiger partial charge is 0.282 e. The first-order chi connectivity index (χ1) is 14.6. The summed E-state index contributed by atoms with van der Waals surface area (Å²) in [6.07, 6.45) is 3.25. The van der Waals surface area contributed by atoms with E-state index < -0.39 is 0 Å². The molecule has 0 bridgehead atoms. The average Bonchev–Trinajstić information content (AvgIpc) is 3.39. The maximum Gasteiger partial charge on any atom is 0.282 e. The van der Waals surface area contributed by atoms with E-state index in [4.69, 9.17) is 0 Å². The summed E-state index contributed by atoms with van der Waals surface area (Å²) in [5.74, 6) is -0.572. The number of nitrogens with zero attached hydrogens (tertiary/aromatic N) is 2. The van der Waals surface area contributed by atoms with Crippen molar-refractivity contribution in [3.05, 3.63) is 88.2 Å². The maximum atomic E-state index is 13.5. The third-order valence-electron chi connectivity index (χ3n) is 5.32. The molecule has 0 saturated heterocycles. The van der Waals surface area contributed by atoms with Gasteiger partial charge in [-0.25, -0.2) is 4.90 Å². The van der Waals surface area contributed by atoms with Crippen molar-refractivity contribution in [2.75, 3.05) is 16.8 Å². The van der Waals surface area contributed by atoms with Crippen LogP contribution in [0.2, 0.25) is 0 Å². The van der Waals surface area contributed by atoms with Gasteiger partial charge < -0.3 is 4.90 Å². The molecule has 0 N–H and O–H groups in total. The number of thiophene rings is 1. The predicted octanol–water partition coefficient (Wildman–Crippen LogP) is 5.51. The van der Waals surface area contributed by atoms with Crippen LogP contribution in [0.25, 0.3) is 5.57 Å². The Bertz CT molecular complexity index is 1070. The lowest BCUT2D eigenvalue weighted by molar-refractivity contribution is -0.120. The van der Waals surface area contributed by atoms with Gasteiger partial charge >= 0.3 is 0 Å². The zero-order chi connectivity index (χ0) is 21.1. The third kappa shape index (κ3) is 3.68. The first-order valence-corrected chi connectivity index (χ1v) is 11.0. The van der Waals surface area contributed by atoms with Gasteiger partial charge in [0.1, 0.15) is 5.70 Å². The topological polar surface area (TPSA) is 40.6 Å². The van der Waals surface area contributed by atoms with Crippen molar-refractivity contribution in [2.24, 2.45) is 0 Å². The van der Waals surface area contributed by atoms with Crippen LogP contribution in [0, 0.1) is 0 Å². The number of para-hydroxylation sites is 1. The molecule has 3 aromatic rings. The summed E-state index contributed by atoms with van der Waals surface area (Å²) < 4.78 is 0. The van der Waals surface area contributed by atoms with E-state index in [0.717, 1.165) is 29.8 Å². The summed E-state index contributed by atoms with van der Waals surface area (Å²) in [5.41, 5.74) is 3.54. The monoisotopic (exact) mass is 416 g/mol. The van der Waals surface area contributed by atoms with Gasteiger partial charge in [0.25, 0.3) is 11.8 Å². The van der Waals surface area contributed by atoms with Crippen molar-refractivity contribution in [3.63, 3.8) is 0 Å². The highest BCUT2D eigenvalue weighted by molar-refractivity contribution is 7.11. The molecule has 1 aliphatic rings. The van der Waals surface area contributed by atoms with Crippen LogP contribution in [0.15, 0.2) is 77.8 Å². The normalized spacial score (nSPS) is 14.0. The van der Waals surface area contributed by atoms with Gasteiger partial charge in [-0.15, -0.1) is 11.3 Å². The number of likely N-dealkylation sites (N-methyl/N-ethyl adjacent to an activating group) is 1. The van der Waals surface area contributed by atoms with Crippen LogP contribution in [0.4, 0.5) is 11.4 Å². The predicted molar refractivity (Wildman–Crippen MR) is 124 cm³/mol. The molecule has 5 heteroatoms. The summed E-state index contributed by atoms with van der Waals surface area (Å²) in [6, 6.07) is 21.2. The van der Waals surface area contributed by atoms with Crippen LogP contribution >= 0.6 is 11.3 Å². The molecule has 4 rings (SSSR count). The Morgan fingerprint density at radius 3 is 2.27 bits per heavy atom. The van der Waals surface area contributed by atoms with E-state index in [9.17, 15) is 9.59 Å². The number of carbonyl (C=O) groups excluding carboxylic acids is 2. The minimum Gasteiger partial charge on any atom is -0.339 e. The molecule has 0 aliphatic carbocycles. The second-order valence-electron chi connectivity index (χ2n) is 7.31. The van der Waals surface area contributed by atoms with Gasteiger partial charge in [0.05, 0.1) is 11.3 Å². The number of aryl methyl sites for hydroxylation is 1. The molecular weight excluding hydrogens is 392 g/mol. The number of carbonyl (C=O) groups is 2. The minimum absolute atomic E-state index is 0.276. The Balaban J connectivity index is 1.73. The Morgan fingerprint density at radius 2 is 1.63 bits per heavy atom. The molecule has 2 heterocycles. The number of imide groups is 1. The van der Waals surface area contributed by atoms with Crippen LogP contribution in [-0.2, 0) is 16.0 Å². The first-order valence-electron chi connectivity index (χ1n) is 10.2. The zero-order valence-electron chi connectivity index (χ0n) is 17.2. The molecule has 0 radical (unpaired) electrons. The van der Waals surface area contributed by atoms with E-state index >= 15 is 0 Å². The molecule has 4 nitrogen and oxygen atoms in total. The summed E-state index contributed by atoms with van der Waals surface area (Å²) >= 11 is 1.47. The van der Waals surface area contributed by atoms with Crippen molar-refractivity contribution < 1.29 is 9.59 Å². The number of hydrogen-bond donors (Lipinski definition) is 0. The van der Waals surface area contributed by atoms with Crippen LogP contribution in [0.5, 0.6) is 0 Å². The Hall–Kier alpha value is -3.18. The third-order valence-corrected chi connectivity index (χ3v) is 6.21. The number of amides is 2. The molecule has 0 unspecified atom stereocenters. The largest absolute Gasteiger partial charge is 0.339 e. The Kier molecular flexibility index (Phi) is 5.81. The van der Waals surface area contributed by atoms with E-state index in [-0.39, 0.29) is 11.8 Å². The van der Waals surface area contributed by atoms with Crippen LogP contribution < -0.4 is 9.80 Å². The molecule has 2 amide bonds. The highest BCUT2D eigenvalue weighted by Crippen LogP contribution is 2.37. The summed E-state index contributed by atoms with van der Waals surface area (Å²) in [5, 5.41) is 1.92. The molecule has 0 fully saturated rings. The van der Waals surface area contributed by atoms with Gasteiger partial charge in [-0.05, 0) is 54.1 Å². The molecule has 0 spiro atoms. The van der Waals surface area contributed by atoms with E-state index in [1.54, 1.807) is 0 Å². The molecule has 0 atom stereocenters. The van der Waals surface area contributed by atoms with Crippen molar-refractivity contribution in [1.82, 2.24) is 0 Å². The quantitative estimate of drug-likeness (QED) is 0.477. The molecule has 1 aromatic heterocycles. The average molecular weight is 417 g/mol. The molecular formula is C25H24N2O2S. The van der Waals surface area contributed by atoms with Gasteiger partial charge in [-0.2, -0.15) is 0 Å².